The van der Waals surface area contributed by atoms with Crippen LogP contribution in [0.5, 0.6) is 0 Å². The molecule has 7 heteroatoms. The monoisotopic (exact) mass is 332 g/mol. The maximum Gasteiger partial charge on any atom is 0.426 e. The topological polar surface area (TPSA) is 53.1 Å². The maximum atomic E-state index is 13.0. The first-order valence-electron chi connectivity index (χ1n) is 7.23. The van der Waals surface area contributed by atoms with E-state index in [1.54, 1.807) is 12.1 Å². The van der Waals surface area contributed by atoms with Gasteiger partial charge in [-0.25, -0.2) is 10.9 Å². The molecule has 0 saturated carbocycles. The molecule has 1 fully saturated rings. The summed E-state index contributed by atoms with van der Waals surface area (Å²) >= 11 is 0. The minimum atomic E-state index is -4.37. The summed E-state index contributed by atoms with van der Waals surface area (Å²) in [5.74, 6) is 0. The highest BCUT2D eigenvalue weighted by atomic mass is 28.4. The van der Waals surface area contributed by atoms with Crippen molar-refractivity contribution >= 4 is 8.32 Å². The zero-order chi connectivity index (χ0) is 16.8. The smallest absolute Gasteiger partial charge is 0.413 e. The summed E-state index contributed by atoms with van der Waals surface area (Å²) in [5, 5.41) is 0.106. The number of nitrogens with one attached hydrogen (secondary N) is 2. The van der Waals surface area contributed by atoms with Crippen molar-refractivity contribution in [3.8, 4) is 0 Å². The Bertz CT molecular complexity index is 531. The van der Waals surface area contributed by atoms with Gasteiger partial charge in [-0.1, -0.05) is 45.0 Å². The van der Waals surface area contributed by atoms with Crippen LogP contribution in [0, 0.1) is 0 Å². The van der Waals surface area contributed by atoms with Gasteiger partial charge in [-0.2, -0.15) is 13.2 Å². The zero-order valence-electron chi connectivity index (χ0n) is 13.6. The van der Waals surface area contributed by atoms with Gasteiger partial charge in [-0.05, 0) is 29.3 Å². The van der Waals surface area contributed by atoms with Gasteiger partial charge in [0.05, 0.1) is 6.61 Å². The summed E-state index contributed by atoms with van der Waals surface area (Å²) < 4.78 is 45.0. The predicted octanol–water partition coefficient (Wildman–Crippen LogP) is 4.03. The molecule has 0 aliphatic carbocycles. The SMILES string of the molecule is CC(C)(C)[Si](C)(C)OCc1ccc(C2(C(F)(F)F)NN2)cc1. The summed E-state index contributed by atoms with van der Waals surface area (Å²) in [6.07, 6.45) is -4.37. The number of alkyl halides is 3. The fourth-order valence-electron chi connectivity index (χ4n) is 1.84. The number of benzene rings is 1. The highest BCUT2D eigenvalue weighted by molar-refractivity contribution is 6.74. The van der Waals surface area contributed by atoms with E-state index in [9.17, 15) is 13.2 Å². The zero-order valence-corrected chi connectivity index (χ0v) is 14.6. The van der Waals surface area contributed by atoms with Gasteiger partial charge in [-0.3, -0.25) is 0 Å². The van der Waals surface area contributed by atoms with Crippen LogP contribution in [0.4, 0.5) is 13.2 Å². The summed E-state index contributed by atoms with van der Waals surface area (Å²) in [6.45, 7) is 11.2. The summed E-state index contributed by atoms with van der Waals surface area (Å²) in [4.78, 5) is 0. The van der Waals surface area contributed by atoms with E-state index in [0.29, 0.717) is 6.61 Å². The number of hydrogen-bond donors (Lipinski definition) is 2. The van der Waals surface area contributed by atoms with Crippen molar-refractivity contribution < 1.29 is 17.6 Å². The Labute approximate surface area is 130 Å². The molecule has 1 aliphatic rings. The van der Waals surface area contributed by atoms with Crippen molar-refractivity contribution in [1.29, 1.82) is 0 Å². The van der Waals surface area contributed by atoms with Crippen LogP contribution in [0.25, 0.3) is 0 Å². The first-order chi connectivity index (χ1) is 9.89. The third-order valence-corrected chi connectivity index (χ3v) is 9.07. The molecule has 1 aromatic carbocycles. The van der Waals surface area contributed by atoms with E-state index in [4.69, 9.17) is 4.43 Å². The lowest BCUT2D eigenvalue weighted by atomic mass is 10.0. The molecule has 0 bridgehead atoms. The second-order valence-corrected chi connectivity index (χ2v) is 12.1. The van der Waals surface area contributed by atoms with Gasteiger partial charge in [0.2, 0.25) is 5.66 Å². The largest absolute Gasteiger partial charge is 0.426 e. The molecule has 0 unspecified atom stereocenters. The summed E-state index contributed by atoms with van der Waals surface area (Å²) in [7, 11) is -1.86. The molecule has 1 heterocycles. The summed E-state index contributed by atoms with van der Waals surface area (Å²) in [5.41, 5.74) is 3.35. The molecule has 0 amide bonds. The molecule has 0 aromatic heterocycles. The number of halogens is 3. The number of hydrazine groups is 1. The molecule has 3 nitrogen and oxygen atoms in total. The molecule has 0 radical (unpaired) electrons. The van der Waals surface area contributed by atoms with Crippen molar-refractivity contribution in [2.45, 2.75) is 57.3 Å². The minimum absolute atomic E-state index is 0.106. The molecule has 1 aromatic rings. The number of hydrogen-bond acceptors (Lipinski definition) is 3. The van der Waals surface area contributed by atoms with Gasteiger partial charge in [0, 0.05) is 0 Å². The van der Waals surface area contributed by atoms with E-state index in [2.05, 4.69) is 44.7 Å². The summed E-state index contributed by atoms with van der Waals surface area (Å²) in [6, 6.07) is 6.37. The first kappa shape index (κ1) is 17.5. The van der Waals surface area contributed by atoms with Gasteiger partial charge < -0.3 is 4.43 Å². The van der Waals surface area contributed by atoms with Crippen LogP contribution in [-0.4, -0.2) is 14.5 Å². The van der Waals surface area contributed by atoms with Crippen LogP contribution in [-0.2, 0) is 16.7 Å². The van der Waals surface area contributed by atoms with Gasteiger partial charge in [0.1, 0.15) is 0 Å². The van der Waals surface area contributed by atoms with E-state index in [1.165, 1.54) is 12.1 Å². The molecule has 1 saturated heterocycles. The molecule has 2 N–H and O–H groups in total. The van der Waals surface area contributed by atoms with Gasteiger partial charge in [0.15, 0.2) is 8.32 Å². The van der Waals surface area contributed by atoms with Crippen LogP contribution in [0.1, 0.15) is 31.9 Å². The molecular weight excluding hydrogens is 309 g/mol. The molecule has 124 valence electrons. The molecule has 22 heavy (non-hydrogen) atoms. The maximum absolute atomic E-state index is 13.0. The average molecular weight is 332 g/mol. The second kappa shape index (κ2) is 5.33. The quantitative estimate of drug-likeness (QED) is 0.646. The van der Waals surface area contributed by atoms with Gasteiger partial charge in [-0.15, -0.1) is 0 Å². The van der Waals surface area contributed by atoms with Gasteiger partial charge in [0.25, 0.3) is 0 Å². The Morgan fingerprint density at radius 2 is 1.55 bits per heavy atom. The highest BCUT2D eigenvalue weighted by Gasteiger charge is 2.65. The number of rotatable bonds is 4. The fraction of sp³-hybridized carbons (Fsp3) is 0.600. The average Bonchev–Trinajstić information content (AvgIpc) is 3.16. The standard InChI is InChI=1S/C15H23F3N2OSi/c1-13(2,3)22(4,5)21-10-11-6-8-12(9-7-11)14(19-20-14)15(16,17)18/h6-9,19-20H,10H2,1-5H3. The van der Waals surface area contributed by atoms with Crippen molar-refractivity contribution in [2.24, 2.45) is 0 Å². The van der Waals surface area contributed by atoms with Crippen LogP contribution in [0.2, 0.25) is 18.1 Å². The van der Waals surface area contributed by atoms with E-state index in [0.717, 1.165) is 5.56 Å². The Balaban J connectivity index is 2.05. The molecule has 0 spiro atoms. The van der Waals surface area contributed by atoms with Crippen molar-refractivity contribution in [3.05, 3.63) is 35.4 Å². The lowest BCUT2D eigenvalue weighted by Gasteiger charge is -2.36. The second-order valence-electron chi connectivity index (χ2n) is 7.24. The molecular formula is C15H23F3N2OSi. The predicted molar refractivity (Wildman–Crippen MR) is 82.4 cm³/mol. The van der Waals surface area contributed by atoms with Crippen LogP contribution in [0.15, 0.2) is 24.3 Å². The molecule has 2 rings (SSSR count). The van der Waals surface area contributed by atoms with E-state index in [-0.39, 0.29) is 10.6 Å². The Morgan fingerprint density at radius 1 is 1.05 bits per heavy atom. The van der Waals surface area contributed by atoms with Crippen molar-refractivity contribution in [3.63, 3.8) is 0 Å². The normalized spacial score (nSPS) is 18.4. The van der Waals surface area contributed by atoms with E-state index >= 15 is 0 Å². The van der Waals surface area contributed by atoms with Crippen LogP contribution < -0.4 is 10.9 Å². The highest BCUT2D eigenvalue weighted by Crippen LogP contribution is 2.42. The third-order valence-electron chi connectivity index (χ3n) is 4.59. The van der Waals surface area contributed by atoms with E-state index in [1.807, 2.05) is 0 Å². The Kier molecular flexibility index (Phi) is 4.23. The lowest BCUT2D eigenvalue weighted by molar-refractivity contribution is -0.165. The molecule has 1 aliphatic heterocycles. The van der Waals surface area contributed by atoms with E-state index < -0.39 is 20.2 Å². The van der Waals surface area contributed by atoms with Crippen molar-refractivity contribution in [1.82, 2.24) is 10.9 Å². The Morgan fingerprint density at radius 3 is 1.91 bits per heavy atom. The fourth-order valence-corrected chi connectivity index (χ4v) is 2.80. The molecule has 0 atom stereocenters. The van der Waals surface area contributed by atoms with Crippen LogP contribution >= 0.6 is 0 Å². The van der Waals surface area contributed by atoms with Crippen LogP contribution in [0.3, 0.4) is 0 Å². The lowest BCUT2D eigenvalue weighted by Crippen LogP contribution is -2.40. The minimum Gasteiger partial charge on any atom is -0.413 e. The van der Waals surface area contributed by atoms with Gasteiger partial charge >= 0.3 is 6.18 Å². The van der Waals surface area contributed by atoms with Crippen molar-refractivity contribution in [2.75, 3.05) is 0 Å². The Hall–Kier alpha value is -0.893. The third kappa shape index (κ3) is 3.22. The first-order valence-corrected chi connectivity index (χ1v) is 10.1.